The summed E-state index contributed by atoms with van der Waals surface area (Å²) in [5, 5.41) is 0. The van der Waals surface area contributed by atoms with Crippen molar-refractivity contribution in [3.8, 4) is 0 Å². The number of amides is 1. The summed E-state index contributed by atoms with van der Waals surface area (Å²) in [5.74, 6) is 1.92. The molecule has 0 saturated carbocycles. The fraction of sp³-hybridized carbons (Fsp3) is 0.722. The lowest BCUT2D eigenvalue weighted by Gasteiger charge is -2.39. The second kappa shape index (κ2) is 7.15. The maximum Gasteiger partial charge on any atom is 0.234 e. The van der Waals surface area contributed by atoms with Crippen molar-refractivity contribution in [2.75, 3.05) is 42.5 Å². The van der Waals surface area contributed by atoms with Crippen molar-refractivity contribution < 1.29 is 4.79 Å². The van der Waals surface area contributed by atoms with Crippen LogP contribution in [-0.4, -0.2) is 65.6 Å². The highest BCUT2D eigenvalue weighted by Gasteiger charge is 2.35. The maximum atomic E-state index is 11.7. The van der Waals surface area contributed by atoms with Gasteiger partial charge in [-0.3, -0.25) is 9.69 Å². The summed E-state index contributed by atoms with van der Waals surface area (Å²) in [5.41, 5.74) is 5.58. The lowest BCUT2D eigenvalue weighted by atomic mass is 10.0. The molecular weight excluding hydrogens is 316 g/mol. The highest BCUT2D eigenvalue weighted by atomic mass is 16.1. The van der Waals surface area contributed by atoms with Crippen LogP contribution in [0.5, 0.6) is 0 Å². The fourth-order valence-electron chi connectivity index (χ4n) is 4.59. The maximum absolute atomic E-state index is 11.7. The average Bonchev–Trinajstić information content (AvgIpc) is 3.34. The van der Waals surface area contributed by atoms with Gasteiger partial charge in [0.25, 0.3) is 0 Å². The molecule has 1 amide bonds. The van der Waals surface area contributed by atoms with Gasteiger partial charge in [0.2, 0.25) is 5.91 Å². The van der Waals surface area contributed by atoms with Gasteiger partial charge in [0, 0.05) is 38.3 Å². The number of piperidine rings is 1. The molecule has 3 fully saturated rings. The number of likely N-dealkylation sites (tertiary alicyclic amines) is 1. The number of hydrogen-bond donors (Lipinski definition) is 1. The van der Waals surface area contributed by atoms with Crippen LogP contribution in [0.15, 0.2) is 12.4 Å². The quantitative estimate of drug-likeness (QED) is 0.878. The highest BCUT2D eigenvalue weighted by molar-refractivity contribution is 5.80. The van der Waals surface area contributed by atoms with Crippen molar-refractivity contribution in [1.82, 2.24) is 14.9 Å². The van der Waals surface area contributed by atoms with E-state index in [0.717, 1.165) is 70.0 Å². The number of nitrogens with zero attached hydrogens (tertiary/aromatic N) is 5. The molecule has 3 aliphatic rings. The Bertz CT molecular complexity index is 609. The Hall–Kier alpha value is -1.89. The topological polar surface area (TPSA) is 78.6 Å². The Balaban J connectivity index is 1.39. The number of anilines is 2. The summed E-state index contributed by atoms with van der Waals surface area (Å²) in [6.07, 6.45) is 8.32. The molecule has 3 aliphatic heterocycles. The lowest BCUT2D eigenvalue weighted by molar-refractivity contribution is -0.123. The van der Waals surface area contributed by atoms with Gasteiger partial charge in [-0.2, -0.15) is 0 Å². The lowest BCUT2D eigenvalue weighted by Crippen LogP contribution is -2.50. The molecule has 0 aliphatic carbocycles. The molecule has 1 unspecified atom stereocenters. The first kappa shape index (κ1) is 16.6. The molecule has 1 aromatic heterocycles. The summed E-state index contributed by atoms with van der Waals surface area (Å²) in [6.45, 7) is 5.15. The van der Waals surface area contributed by atoms with E-state index in [2.05, 4.69) is 30.7 Å². The van der Waals surface area contributed by atoms with E-state index in [-0.39, 0.29) is 11.9 Å². The number of carbonyl (C=O) groups is 1. The smallest absolute Gasteiger partial charge is 0.234 e. The summed E-state index contributed by atoms with van der Waals surface area (Å²) in [4.78, 5) is 27.6. The zero-order valence-electron chi connectivity index (χ0n) is 14.8. The van der Waals surface area contributed by atoms with Crippen molar-refractivity contribution >= 4 is 17.5 Å². The molecule has 1 aromatic rings. The molecule has 0 radical (unpaired) electrons. The summed E-state index contributed by atoms with van der Waals surface area (Å²) in [7, 11) is 0. The van der Waals surface area contributed by atoms with Crippen LogP contribution < -0.4 is 15.5 Å². The van der Waals surface area contributed by atoms with Crippen LogP contribution in [0.1, 0.15) is 38.5 Å². The van der Waals surface area contributed by atoms with Crippen LogP contribution in [0, 0.1) is 0 Å². The van der Waals surface area contributed by atoms with Crippen molar-refractivity contribution in [2.45, 2.75) is 50.6 Å². The van der Waals surface area contributed by atoms with Crippen LogP contribution in [-0.2, 0) is 4.79 Å². The largest absolute Gasteiger partial charge is 0.368 e. The summed E-state index contributed by atoms with van der Waals surface area (Å²) < 4.78 is 0. The van der Waals surface area contributed by atoms with Crippen LogP contribution in [0.2, 0.25) is 0 Å². The first-order valence-corrected chi connectivity index (χ1v) is 9.59. The van der Waals surface area contributed by atoms with E-state index in [1.807, 2.05) is 0 Å². The first-order valence-electron chi connectivity index (χ1n) is 9.59. The first-order chi connectivity index (χ1) is 12.2. The van der Waals surface area contributed by atoms with E-state index < -0.39 is 0 Å². The Morgan fingerprint density at radius 1 is 0.920 bits per heavy atom. The molecule has 2 N–H and O–H groups in total. The van der Waals surface area contributed by atoms with Gasteiger partial charge in [-0.05, 0) is 45.1 Å². The van der Waals surface area contributed by atoms with E-state index in [0.29, 0.717) is 6.04 Å². The summed E-state index contributed by atoms with van der Waals surface area (Å²) in [6, 6.07) is 2.54. The third-order valence-corrected chi connectivity index (χ3v) is 5.95. The normalized spacial score (nSPS) is 25.7. The molecule has 0 bridgehead atoms. The van der Waals surface area contributed by atoms with Crippen molar-refractivity contribution in [2.24, 2.45) is 5.73 Å². The zero-order valence-corrected chi connectivity index (χ0v) is 14.8. The molecule has 4 heterocycles. The molecule has 7 heteroatoms. The molecule has 4 rings (SSSR count). The van der Waals surface area contributed by atoms with Gasteiger partial charge in [-0.1, -0.05) is 0 Å². The molecule has 3 saturated heterocycles. The third-order valence-electron chi connectivity index (χ3n) is 5.95. The standard InChI is InChI=1S/C18H28N6O/c19-18(25)15-4-3-9-24(15)14-5-10-23(11-6-14)17-12-16(20-13-21-17)22-7-1-2-8-22/h12-15H,1-11H2,(H2,19,25). The Kier molecular flexibility index (Phi) is 4.74. The van der Waals surface area contributed by atoms with E-state index >= 15 is 0 Å². The van der Waals surface area contributed by atoms with Crippen LogP contribution in [0.3, 0.4) is 0 Å². The minimum Gasteiger partial charge on any atom is -0.368 e. The number of primary amides is 1. The Morgan fingerprint density at radius 2 is 1.56 bits per heavy atom. The van der Waals surface area contributed by atoms with Crippen molar-refractivity contribution in [3.63, 3.8) is 0 Å². The molecule has 136 valence electrons. The van der Waals surface area contributed by atoms with Gasteiger partial charge >= 0.3 is 0 Å². The number of carbonyl (C=O) groups excluding carboxylic acids is 1. The molecule has 1 atom stereocenters. The van der Waals surface area contributed by atoms with Crippen LogP contribution in [0.4, 0.5) is 11.6 Å². The van der Waals surface area contributed by atoms with Gasteiger partial charge in [0.1, 0.15) is 18.0 Å². The minimum absolute atomic E-state index is 0.0580. The zero-order chi connectivity index (χ0) is 17.2. The van der Waals surface area contributed by atoms with E-state index in [4.69, 9.17) is 5.73 Å². The molecular formula is C18H28N6O. The van der Waals surface area contributed by atoms with Gasteiger partial charge in [-0.15, -0.1) is 0 Å². The Morgan fingerprint density at radius 3 is 2.20 bits per heavy atom. The number of hydrogen-bond acceptors (Lipinski definition) is 6. The van der Waals surface area contributed by atoms with Gasteiger partial charge < -0.3 is 15.5 Å². The molecule has 0 spiro atoms. The molecule has 7 nitrogen and oxygen atoms in total. The molecule has 25 heavy (non-hydrogen) atoms. The van der Waals surface area contributed by atoms with E-state index in [1.165, 1.54) is 12.8 Å². The third kappa shape index (κ3) is 3.42. The Labute approximate surface area is 149 Å². The van der Waals surface area contributed by atoms with Crippen LogP contribution >= 0.6 is 0 Å². The van der Waals surface area contributed by atoms with Gasteiger partial charge in [0.05, 0.1) is 6.04 Å². The van der Waals surface area contributed by atoms with Gasteiger partial charge in [0.15, 0.2) is 0 Å². The van der Waals surface area contributed by atoms with E-state index in [9.17, 15) is 4.79 Å². The monoisotopic (exact) mass is 344 g/mol. The van der Waals surface area contributed by atoms with E-state index in [1.54, 1.807) is 6.33 Å². The highest BCUT2D eigenvalue weighted by Crippen LogP contribution is 2.28. The number of nitrogens with two attached hydrogens (primary N) is 1. The minimum atomic E-state index is -0.161. The SMILES string of the molecule is NC(=O)C1CCCN1C1CCN(c2cc(N3CCCC3)ncn2)CC1. The van der Waals surface area contributed by atoms with Gasteiger partial charge in [-0.25, -0.2) is 9.97 Å². The second-order valence-corrected chi connectivity index (χ2v) is 7.45. The predicted molar refractivity (Wildman–Crippen MR) is 97.6 cm³/mol. The predicted octanol–water partition coefficient (Wildman–Crippen LogP) is 0.995. The molecule has 0 aromatic carbocycles. The fourth-order valence-corrected chi connectivity index (χ4v) is 4.59. The van der Waals surface area contributed by atoms with Crippen LogP contribution in [0.25, 0.3) is 0 Å². The second-order valence-electron chi connectivity index (χ2n) is 7.45. The number of rotatable bonds is 4. The van der Waals surface area contributed by atoms with Crippen molar-refractivity contribution in [1.29, 1.82) is 0 Å². The summed E-state index contributed by atoms with van der Waals surface area (Å²) >= 11 is 0. The average molecular weight is 344 g/mol. The number of aromatic nitrogens is 2. The van der Waals surface area contributed by atoms with Crippen molar-refractivity contribution in [3.05, 3.63) is 12.4 Å².